The summed E-state index contributed by atoms with van der Waals surface area (Å²) in [7, 11) is 1.53. The fourth-order valence-electron chi connectivity index (χ4n) is 1.66. The minimum Gasteiger partial charge on any atom is -0.493 e. The van der Waals surface area contributed by atoms with Crippen LogP contribution in [0, 0.1) is 0 Å². The molecule has 0 aliphatic heterocycles. The van der Waals surface area contributed by atoms with Crippen LogP contribution in [0.4, 0.5) is 0 Å². The number of halogens is 1. The maximum Gasteiger partial charge on any atom is 0.344 e. The number of carbonyl (C=O) groups excluding carboxylic acids is 1. The Morgan fingerprint density at radius 3 is 2.70 bits per heavy atom. The summed E-state index contributed by atoms with van der Waals surface area (Å²) in [6.07, 6.45) is 0. The Kier molecular flexibility index (Phi) is 7.18. The first-order valence-electron chi connectivity index (χ1n) is 6.47. The summed E-state index contributed by atoms with van der Waals surface area (Å²) in [5.41, 5.74) is 0.834. The molecule has 0 bridgehead atoms. The molecule has 0 heterocycles. The zero-order chi connectivity index (χ0) is 15.0. The maximum atomic E-state index is 11.4. The number of carbonyl (C=O) groups is 1. The van der Waals surface area contributed by atoms with Crippen molar-refractivity contribution >= 4 is 17.6 Å². The molecule has 0 saturated carbocycles. The Morgan fingerprint density at radius 1 is 1.35 bits per heavy atom. The van der Waals surface area contributed by atoms with Crippen molar-refractivity contribution in [3.63, 3.8) is 0 Å². The summed E-state index contributed by atoms with van der Waals surface area (Å²) in [6, 6.07) is 3.44. The fourth-order valence-corrected chi connectivity index (χ4v) is 1.89. The molecule has 0 aliphatic rings. The van der Waals surface area contributed by atoms with Gasteiger partial charge in [-0.15, -0.1) is 0 Å². The van der Waals surface area contributed by atoms with Crippen molar-refractivity contribution in [2.45, 2.75) is 20.4 Å². The lowest BCUT2D eigenvalue weighted by Crippen LogP contribution is -2.17. The molecule has 0 radical (unpaired) electrons. The number of ether oxygens (including phenoxy) is 3. The van der Waals surface area contributed by atoms with Crippen molar-refractivity contribution in [2.24, 2.45) is 0 Å². The predicted molar refractivity (Wildman–Crippen MR) is 77.5 cm³/mol. The van der Waals surface area contributed by atoms with E-state index in [0.717, 1.165) is 12.1 Å². The Morgan fingerprint density at radius 2 is 2.10 bits per heavy atom. The van der Waals surface area contributed by atoms with Crippen molar-refractivity contribution in [1.29, 1.82) is 0 Å². The highest BCUT2D eigenvalue weighted by atomic mass is 35.5. The summed E-state index contributed by atoms with van der Waals surface area (Å²) < 4.78 is 15.6. The molecule has 0 fully saturated rings. The molecule has 112 valence electrons. The molecule has 0 spiro atoms. The van der Waals surface area contributed by atoms with Gasteiger partial charge in [0.25, 0.3) is 0 Å². The molecule has 0 atom stereocenters. The van der Waals surface area contributed by atoms with Gasteiger partial charge in [-0.2, -0.15) is 0 Å². The zero-order valence-corrected chi connectivity index (χ0v) is 12.8. The van der Waals surface area contributed by atoms with Gasteiger partial charge in [-0.3, -0.25) is 0 Å². The van der Waals surface area contributed by atoms with Gasteiger partial charge in [-0.1, -0.05) is 18.5 Å². The van der Waals surface area contributed by atoms with Crippen molar-refractivity contribution in [2.75, 3.05) is 26.9 Å². The van der Waals surface area contributed by atoms with Crippen molar-refractivity contribution in [3.05, 3.63) is 22.7 Å². The van der Waals surface area contributed by atoms with Gasteiger partial charge < -0.3 is 19.5 Å². The highest BCUT2D eigenvalue weighted by Crippen LogP contribution is 2.34. The van der Waals surface area contributed by atoms with E-state index < -0.39 is 5.97 Å². The van der Waals surface area contributed by atoms with Crippen LogP contribution in [0.5, 0.6) is 11.5 Å². The van der Waals surface area contributed by atoms with Gasteiger partial charge in [-0.25, -0.2) is 4.79 Å². The fraction of sp³-hybridized carbons (Fsp3) is 0.500. The normalized spacial score (nSPS) is 10.2. The first-order valence-corrected chi connectivity index (χ1v) is 6.85. The molecule has 0 aromatic heterocycles. The van der Waals surface area contributed by atoms with Gasteiger partial charge >= 0.3 is 5.97 Å². The molecular formula is C14H20ClNO4. The zero-order valence-electron chi connectivity index (χ0n) is 12.0. The Labute approximate surface area is 124 Å². The van der Waals surface area contributed by atoms with E-state index in [1.54, 1.807) is 19.1 Å². The largest absolute Gasteiger partial charge is 0.493 e. The smallest absolute Gasteiger partial charge is 0.344 e. The molecule has 1 rings (SSSR count). The van der Waals surface area contributed by atoms with Crippen LogP contribution >= 0.6 is 11.6 Å². The second-order valence-electron chi connectivity index (χ2n) is 3.97. The molecule has 1 aromatic rings. The Balaban J connectivity index is 2.91. The third-order valence-corrected chi connectivity index (χ3v) is 2.74. The standard InChI is InChI=1S/C14H20ClNO4/c1-4-16-8-10-6-11(15)7-12(18-3)14(10)20-9-13(17)19-5-2/h6-7,16H,4-5,8-9H2,1-3H3. The van der Waals surface area contributed by atoms with Crippen molar-refractivity contribution in [3.8, 4) is 11.5 Å². The van der Waals surface area contributed by atoms with Gasteiger partial charge in [-0.05, 0) is 19.5 Å². The third-order valence-electron chi connectivity index (χ3n) is 2.52. The van der Waals surface area contributed by atoms with E-state index in [0.29, 0.717) is 29.7 Å². The van der Waals surface area contributed by atoms with Gasteiger partial charge in [0.05, 0.1) is 13.7 Å². The quantitative estimate of drug-likeness (QED) is 0.747. The Bertz CT molecular complexity index is 451. The van der Waals surface area contributed by atoms with Crippen LogP contribution in [0.3, 0.4) is 0 Å². The molecule has 0 amide bonds. The minimum atomic E-state index is -0.418. The van der Waals surface area contributed by atoms with Crippen LogP contribution in [0.25, 0.3) is 0 Å². The third kappa shape index (κ3) is 4.90. The van der Waals surface area contributed by atoms with Crippen LogP contribution in [-0.4, -0.2) is 32.8 Å². The van der Waals surface area contributed by atoms with E-state index in [-0.39, 0.29) is 6.61 Å². The number of methoxy groups -OCH3 is 1. The second-order valence-corrected chi connectivity index (χ2v) is 4.41. The number of nitrogens with one attached hydrogen (secondary N) is 1. The topological polar surface area (TPSA) is 56.8 Å². The number of esters is 1. The molecular weight excluding hydrogens is 282 g/mol. The van der Waals surface area contributed by atoms with Gasteiger partial charge in [0.1, 0.15) is 0 Å². The van der Waals surface area contributed by atoms with Crippen LogP contribution in [-0.2, 0) is 16.1 Å². The number of hydrogen-bond donors (Lipinski definition) is 1. The van der Waals surface area contributed by atoms with Gasteiger partial charge in [0.15, 0.2) is 18.1 Å². The SMILES string of the molecule is CCNCc1cc(Cl)cc(OC)c1OCC(=O)OCC. The Hall–Kier alpha value is -1.46. The molecule has 6 heteroatoms. The molecule has 1 aromatic carbocycles. The van der Waals surface area contributed by atoms with Gasteiger partial charge in [0, 0.05) is 23.2 Å². The summed E-state index contributed by atoms with van der Waals surface area (Å²) in [5.74, 6) is 0.583. The van der Waals surface area contributed by atoms with Crippen LogP contribution in [0.2, 0.25) is 5.02 Å². The van der Waals surface area contributed by atoms with Crippen LogP contribution in [0.15, 0.2) is 12.1 Å². The monoisotopic (exact) mass is 301 g/mol. The van der Waals surface area contributed by atoms with E-state index >= 15 is 0 Å². The van der Waals surface area contributed by atoms with E-state index in [1.165, 1.54) is 7.11 Å². The highest BCUT2D eigenvalue weighted by molar-refractivity contribution is 6.30. The van der Waals surface area contributed by atoms with Crippen LogP contribution < -0.4 is 14.8 Å². The first-order chi connectivity index (χ1) is 9.62. The number of rotatable bonds is 8. The molecule has 0 aliphatic carbocycles. The van der Waals surface area contributed by atoms with E-state index in [1.807, 2.05) is 6.92 Å². The molecule has 20 heavy (non-hydrogen) atoms. The highest BCUT2D eigenvalue weighted by Gasteiger charge is 2.14. The minimum absolute atomic E-state index is 0.162. The van der Waals surface area contributed by atoms with E-state index in [4.69, 9.17) is 25.8 Å². The summed E-state index contributed by atoms with van der Waals surface area (Å²) in [6.45, 7) is 5.30. The average Bonchev–Trinajstić information content (AvgIpc) is 2.43. The number of benzene rings is 1. The average molecular weight is 302 g/mol. The molecule has 0 unspecified atom stereocenters. The van der Waals surface area contributed by atoms with E-state index in [2.05, 4.69) is 5.32 Å². The summed E-state index contributed by atoms with van der Waals surface area (Å²) in [5, 5.41) is 3.74. The lowest BCUT2D eigenvalue weighted by atomic mass is 10.2. The van der Waals surface area contributed by atoms with Crippen molar-refractivity contribution in [1.82, 2.24) is 5.32 Å². The maximum absolute atomic E-state index is 11.4. The van der Waals surface area contributed by atoms with Gasteiger partial charge in [0.2, 0.25) is 0 Å². The molecule has 1 N–H and O–H groups in total. The number of hydrogen-bond acceptors (Lipinski definition) is 5. The molecule has 5 nitrogen and oxygen atoms in total. The van der Waals surface area contributed by atoms with Crippen molar-refractivity contribution < 1.29 is 19.0 Å². The van der Waals surface area contributed by atoms with Crippen LogP contribution in [0.1, 0.15) is 19.4 Å². The summed E-state index contributed by atoms with van der Waals surface area (Å²) in [4.78, 5) is 11.4. The lowest BCUT2D eigenvalue weighted by Gasteiger charge is -2.15. The molecule has 0 saturated heterocycles. The summed E-state index contributed by atoms with van der Waals surface area (Å²) >= 11 is 6.04. The second kappa shape index (κ2) is 8.66. The predicted octanol–water partition coefficient (Wildman–Crippen LogP) is 2.40. The van der Waals surface area contributed by atoms with E-state index in [9.17, 15) is 4.79 Å². The lowest BCUT2D eigenvalue weighted by molar-refractivity contribution is -0.145. The first kappa shape index (κ1) is 16.6.